The highest BCUT2D eigenvalue weighted by atomic mass is 35.5. The maximum atomic E-state index is 13.3. The van der Waals surface area contributed by atoms with E-state index in [4.69, 9.17) is 11.6 Å². The van der Waals surface area contributed by atoms with Crippen molar-refractivity contribution < 1.29 is 18.0 Å². The van der Waals surface area contributed by atoms with Crippen LogP contribution in [0.4, 0.5) is 13.2 Å². The summed E-state index contributed by atoms with van der Waals surface area (Å²) in [6.45, 7) is 5.57. The molecule has 0 bridgehead atoms. The number of amides is 1. The van der Waals surface area contributed by atoms with Gasteiger partial charge in [-0.3, -0.25) is 9.36 Å². The molecule has 164 valence electrons. The zero-order chi connectivity index (χ0) is 22.8. The van der Waals surface area contributed by atoms with E-state index in [1.165, 1.54) is 16.7 Å². The standard InChI is InChI=1S/C21H20ClF3N4OS/c1-20(2,3)26-17(30)12-31-19-28-27-18(15-9-4-5-10-16(15)22)29(19)14-8-6-7-13(11-14)21(23,24)25/h4-11H,12H2,1-3H3,(H,26,30). The van der Waals surface area contributed by atoms with Crippen molar-refractivity contribution in [3.63, 3.8) is 0 Å². The lowest BCUT2D eigenvalue weighted by molar-refractivity contribution is -0.137. The van der Waals surface area contributed by atoms with Crippen LogP contribution in [0, 0.1) is 0 Å². The highest BCUT2D eigenvalue weighted by molar-refractivity contribution is 7.99. The molecule has 3 rings (SSSR count). The maximum Gasteiger partial charge on any atom is 0.416 e. The Kier molecular flexibility index (Phi) is 6.66. The molecule has 1 heterocycles. The zero-order valence-electron chi connectivity index (χ0n) is 17.0. The number of hydrogen-bond acceptors (Lipinski definition) is 4. The monoisotopic (exact) mass is 468 g/mol. The molecule has 0 spiro atoms. The van der Waals surface area contributed by atoms with Gasteiger partial charge in [0.15, 0.2) is 11.0 Å². The second kappa shape index (κ2) is 8.92. The van der Waals surface area contributed by atoms with Gasteiger partial charge in [-0.2, -0.15) is 13.2 Å². The van der Waals surface area contributed by atoms with Gasteiger partial charge in [-0.05, 0) is 51.1 Å². The van der Waals surface area contributed by atoms with Crippen molar-refractivity contribution >= 4 is 29.3 Å². The molecule has 2 aromatic carbocycles. The quantitative estimate of drug-likeness (QED) is 0.494. The number of nitrogens with one attached hydrogen (secondary N) is 1. The van der Waals surface area contributed by atoms with Gasteiger partial charge in [-0.1, -0.05) is 41.6 Å². The predicted octanol–water partition coefficient (Wildman–Crippen LogP) is 5.61. The molecule has 0 aliphatic carbocycles. The molecule has 0 aliphatic heterocycles. The largest absolute Gasteiger partial charge is 0.416 e. The number of alkyl halides is 3. The molecule has 0 saturated carbocycles. The van der Waals surface area contributed by atoms with E-state index in [0.717, 1.165) is 23.9 Å². The molecule has 0 aliphatic rings. The normalized spacial score (nSPS) is 12.1. The molecule has 10 heteroatoms. The zero-order valence-corrected chi connectivity index (χ0v) is 18.6. The van der Waals surface area contributed by atoms with Gasteiger partial charge in [0.05, 0.1) is 22.0 Å². The summed E-state index contributed by atoms with van der Waals surface area (Å²) in [7, 11) is 0. The van der Waals surface area contributed by atoms with E-state index >= 15 is 0 Å². The van der Waals surface area contributed by atoms with Crippen molar-refractivity contribution in [1.82, 2.24) is 20.1 Å². The number of carbonyl (C=O) groups is 1. The van der Waals surface area contributed by atoms with Crippen LogP contribution in [0.3, 0.4) is 0 Å². The fourth-order valence-corrected chi connectivity index (χ4v) is 3.79. The van der Waals surface area contributed by atoms with Crippen LogP contribution in [0.2, 0.25) is 5.02 Å². The average Bonchev–Trinajstić information content (AvgIpc) is 3.08. The second-order valence-electron chi connectivity index (χ2n) is 7.76. The summed E-state index contributed by atoms with van der Waals surface area (Å²) >= 11 is 7.38. The number of carbonyl (C=O) groups excluding carboxylic acids is 1. The molecule has 0 atom stereocenters. The van der Waals surface area contributed by atoms with E-state index in [1.54, 1.807) is 24.3 Å². The van der Waals surface area contributed by atoms with Crippen molar-refractivity contribution in [3.8, 4) is 17.1 Å². The lowest BCUT2D eigenvalue weighted by Gasteiger charge is -2.20. The van der Waals surface area contributed by atoms with Crippen molar-refractivity contribution in [2.75, 3.05) is 5.75 Å². The summed E-state index contributed by atoms with van der Waals surface area (Å²) < 4.78 is 41.3. The van der Waals surface area contributed by atoms with E-state index in [-0.39, 0.29) is 28.3 Å². The Hall–Kier alpha value is -2.52. The molecule has 1 amide bonds. The first-order valence-corrected chi connectivity index (χ1v) is 10.6. The Balaban J connectivity index is 2.05. The lowest BCUT2D eigenvalue weighted by Crippen LogP contribution is -2.41. The minimum absolute atomic E-state index is 0.0247. The Labute approximate surface area is 187 Å². The molecule has 3 aromatic rings. The first-order chi connectivity index (χ1) is 14.5. The van der Waals surface area contributed by atoms with Crippen LogP contribution < -0.4 is 5.32 Å². The Morgan fingerprint density at radius 3 is 2.45 bits per heavy atom. The number of rotatable bonds is 5. The van der Waals surface area contributed by atoms with E-state index in [1.807, 2.05) is 20.8 Å². The van der Waals surface area contributed by atoms with Crippen LogP contribution >= 0.6 is 23.4 Å². The van der Waals surface area contributed by atoms with Crippen LogP contribution in [0.1, 0.15) is 26.3 Å². The highest BCUT2D eigenvalue weighted by Gasteiger charge is 2.31. The van der Waals surface area contributed by atoms with Crippen LogP contribution in [-0.4, -0.2) is 32.0 Å². The predicted molar refractivity (Wildman–Crippen MR) is 115 cm³/mol. The van der Waals surface area contributed by atoms with Gasteiger partial charge in [0.25, 0.3) is 0 Å². The minimum atomic E-state index is -4.51. The third kappa shape index (κ3) is 5.80. The van der Waals surface area contributed by atoms with Gasteiger partial charge >= 0.3 is 6.18 Å². The Morgan fingerprint density at radius 2 is 1.81 bits per heavy atom. The minimum Gasteiger partial charge on any atom is -0.351 e. The maximum absolute atomic E-state index is 13.3. The fraction of sp³-hybridized carbons (Fsp3) is 0.286. The number of thioether (sulfide) groups is 1. The summed E-state index contributed by atoms with van der Waals surface area (Å²) in [6, 6.07) is 11.7. The number of hydrogen-bond donors (Lipinski definition) is 1. The third-order valence-corrected chi connectivity index (χ3v) is 5.29. The van der Waals surface area contributed by atoms with E-state index in [9.17, 15) is 18.0 Å². The summed E-state index contributed by atoms with van der Waals surface area (Å²) in [6.07, 6.45) is -4.51. The Morgan fingerprint density at radius 1 is 1.10 bits per heavy atom. The average molecular weight is 469 g/mol. The van der Waals surface area contributed by atoms with Crippen molar-refractivity contribution in [3.05, 3.63) is 59.1 Å². The molecule has 0 radical (unpaired) electrons. The van der Waals surface area contributed by atoms with Gasteiger partial charge in [0.1, 0.15) is 0 Å². The van der Waals surface area contributed by atoms with Gasteiger partial charge in [-0.25, -0.2) is 0 Å². The van der Waals surface area contributed by atoms with E-state index in [2.05, 4.69) is 15.5 Å². The molecule has 1 aromatic heterocycles. The lowest BCUT2D eigenvalue weighted by atomic mass is 10.1. The SMILES string of the molecule is CC(C)(C)NC(=O)CSc1nnc(-c2ccccc2Cl)n1-c1cccc(C(F)(F)F)c1. The molecule has 0 fully saturated rings. The summed E-state index contributed by atoms with van der Waals surface area (Å²) in [5, 5.41) is 11.8. The smallest absolute Gasteiger partial charge is 0.351 e. The third-order valence-electron chi connectivity index (χ3n) is 4.03. The number of aromatic nitrogens is 3. The Bertz CT molecular complexity index is 1090. The second-order valence-corrected chi connectivity index (χ2v) is 9.11. The molecule has 0 saturated heterocycles. The van der Waals surface area contributed by atoms with Gasteiger partial charge in [0.2, 0.25) is 5.91 Å². The summed E-state index contributed by atoms with van der Waals surface area (Å²) in [5.41, 5.74) is -0.478. The molecular formula is C21H20ClF3N4OS. The molecule has 5 nitrogen and oxygen atoms in total. The highest BCUT2D eigenvalue weighted by Crippen LogP contribution is 2.35. The summed E-state index contributed by atoms with van der Waals surface area (Å²) in [4.78, 5) is 12.2. The first kappa shape index (κ1) is 23.1. The number of benzene rings is 2. The summed E-state index contributed by atoms with van der Waals surface area (Å²) in [5.74, 6) is 0.0794. The molecule has 31 heavy (non-hydrogen) atoms. The van der Waals surface area contributed by atoms with Crippen molar-refractivity contribution in [2.45, 2.75) is 37.6 Å². The first-order valence-electron chi connectivity index (χ1n) is 9.27. The molecule has 1 N–H and O–H groups in total. The van der Waals surface area contributed by atoms with Gasteiger partial charge < -0.3 is 5.32 Å². The van der Waals surface area contributed by atoms with Gasteiger partial charge in [-0.15, -0.1) is 10.2 Å². The van der Waals surface area contributed by atoms with Crippen LogP contribution in [0.25, 0.3) is 17.1 Å². The van der Waals surface area contributed by atoms with E-state index in [0.29, 0.717) is 10.6 Å². The molecular weight excluding hydrogens is 449 g/mol. The van der Waals surface area contributed by atoms with Crippen molar-refractivity contribution in [1.29, 1.82) is 0 Å². The topological polar surface area (TPSA) is 59.8 Å². The molecule has 0 unspecified atom stereocenters. The van der Waals surface area contributed by atoms with E-state index < -0.39 is 17.3 Å². The van der Waals surface area contributed by atoms with Crippen LogP contribution in [-0.2, 0) is 11.0 Å². The van der Waals surface area contributed by atoms with Crippen LogP contribution in [0.15, 0.2) is 53.7 Å². The fourth-order valence-electron chi connectivity index (χ4n) is 2.82. The van der Waals surface area contributed by atoms with Crippen LogP contribution in [0.5, 0.6) is 0 Å². The van der Waals surface area contributed by atoms with Crippen molar-refractivity contribution in [2.24, 2.45) is 0 Å². The number of halogens is 4. The van der Waals surface area contributed by atoms with Gasteiger partial charge in [0, 0.05) is 11.1 Å². The number of nitrogens with zero attached hydrogens (tertiary/aromatic N) is 3.